The van der Waals surface area contributed by atoms with Crippen LogP contribution in [0.4, 0.5) is 0 Å². The zero-order valence-corrected chi connectivity index (χ0v) is 12.0. The average molecular weight is 275 g/mol. The minimum Gasteiger partial charge on any atom is -0.404 e. The van der Waals surface area contributed by atoms with Crippen LogP contribution in [0.3, 0.4) is 0 Å². The lowest BCUT2D eigenvalue weighted by Crippen LogP contribution is -2.04. The van der Waals surface area contributed by atoms with E-state index in [0.29, 0.717) is 12.0 Å². The average Bonchev–Trinajstić information content (AvgIpc) is 2.50. The van der Waals surface area contributed by atoms with Gasteiger partial charge in [-0.25, -0.2) is 0 Å². The van der Waals surface area contributed by atoms with Gasteiger partial charge in [-0.2, -0.15) is 0 Å². The molecule has 0 aliphatic rings. The normalized spacial score (nSPS) is 10.1. The smallest absolute Gasteiger partial charge is 0.167 e. The molecule has 2 aromatic rings. The van der Waals surface area contributed by atoms with Gasteiger partial charge in [-0.1, -0.05) is 54.3 Å². The lowest BCUT2D eigenvalue weighted by Gasteiger charge is -2.04. The Balaban J connectivity index is 2.23. The molecule has 2 rings (SSSR count). The van der Waals surface area contributed by atoms with Gasteiger partial charge in [0, 0.05) is 29.8 Å². The van der Waals surface area contributed by atoms with Gasteiger partial charge in [0.2, 0.25) is 0 Å². The van der Waals surface area contributed by atoms with E-state index in [2.05, 4.69) is 11.8 Å². The minimum atomic E-state index is 0.0959. The van der Waals surface area contributed by atoms with Crippen molar-refractivity contribution in [2.45, 2.75) is 13.3 Å². The van der Waals surface area contributed by atoms with Gasteiger partial charge in [0.1, 0.15) is 0 Å². The first-order valence-corrected chi connectivity index (χ1v) is 6.77. The Labute approximate surface area is 125 Å². The third kappa shape index (κ3) is 4.09. The summed E-state index contributed by atoms with van der Waals surface area (Å²) in [5.74, 6) is 5.94. The van der Waals surface area contributed by atoms with Crippen molar-refractivity contribution in [1.82, 2.24) is 0 Å². The number of benzene rings is 2. The fraction of sp³-hybridized carbons (Fsp3) is 0.105. The molecular weight excluding hydrogens is 258 g/mol. The molecule has 0 bridgehead atoms. The Morgan fingerprint density at radius 3 is 2.67 bits per heavy atom. The molecule has 0 fully saturated rings. The molecule has 0 saturated carbocycles. The van der Waals surface area contributed by atoms with E-state index in [9.17, 15) is 4.79 Å². The molecular formula is C19H17NO. The predicted molar refractivity (Wildman–Crippen MR) is 85.9 cm³/mol. The summed E-state index contributed by atoms with van der Waals surface area (Å²) in [4.78, 5) is 12.3. The van der Waals surface area contributed by atoms with Crippen molar-refractivity contribution in [2.24, 2.45) is 5.73 Å². The Bertz CT molecular complexity index is 718. The molecule has 0 amide bonds. The van der Waals surface area contributed by atoms with Crippen LogP contribution in [-0.4, -0.2) is 5.78 Å². The summed E-state index contributed by atoms with van der Waals surface area (Å²) in [6.07, 6.45) is 3.38. The molecule has 0 unspecified atom stereocenters. The van der Waals surface area contributed by atoms with Gasteiger partial charge in [0.05, 0.1) is 0 Å². The number of nitrogens with two attached hydrogens (primary N) is 1. The van der Waals surface area contributed by atoms with Crippen LogP contribution in [0.1, 0.15) is 27.0 Å². The molecule has 2 aromatic carbocycles. The first kappa shape index (κ1) is 14.6. The van der Waals surface area contributed by atoms with E-state index in [-0.39, 0.29) is 5.78 Å². The molecule has 0 aliphatic heterocycles. The summed E-state index contributed by atoms with van der Waals surface area (Å²) < 4.78 is 0. The number of Topliss-reactive ketones (excluding diaryl/α,β-unsaturated/α-hetero) is 1. The van der Waals surface area contributed by atoms with Crippen LogP contribution >= 0.6 is 0 Å². The van der Waals surface area contributed by atoms with Crippen LogP contribution in [0.2, 0.25) is 0 Å². The van der Waals surface area contributed by atoms with Crippen molar-refractivity contribution in [3.8, 4) is 11.8 Å². The predicted octanol–water partition coefficient (Wildman–Crippen LogP) is 3.24. The van der Waals surface area contributed by atoms with Crippen molar-refractivity contribution in [1.29, 1.82) is 0 Å². The van der Waals surface area contributed by atoms with Gasteiger partial charge < -0.3 is 5.73 Å². The summed E-state index contributed by atoms with van der Waals surface area (Å²) >= 11 is 0. The maximum Gasteiger partial charge on any atom is 0.167 e. The van der Waals surface area contributed by atoms with Gasteiger partial charge in [-0.05, 0) is 24.1 Å². The molecule has 0 aliphatic carbocycles. The van der Waals surface area contributed by atoms with Crippen molar-refractivity contribution in [2.75, 3.05) is 0 Å². The third-order valence-electron chi connectivity index (χ3n) is 3.15. The van der Waals surface area contributed by atoms with Crippen LogP contribution in [-0.2, 0) is 6.42 Å². The Morgan fingerprint density at radius 2 is 1.95 bits per heavy atom. The summed E-state index contributed by atoms with van der Waals surface area (Å²) in [6.45, 7) is 1.97. The summed E-state index contributed by atoms with van der Waals surface area (Å²) in [5.41, 5.74) is 8.86. The van der Waals surface area contributed by atoms with Crippen molar-refractivity contribution < 1.29 is 4.79 Å². The maximum atomic E-state index is 12.3. The molecule has 0 atom stereocenters. The molecule has 0 radical (unpaired) electrons. The second-order valence-corrected chi connectivity index (χ2v) is 4.74. The first-order chi connectivity index (χ1) is 10.2. The Morgan fingerprint density at radius 1 is 1.19 bits per heavy atom. The highest BCUT2D eigenvalue weighted by Gasteiger charge is 2.08. The highest BCUT2D eigenvalue weighted by atomic mass is 16.1. The van der Waals surface area contributed by atoms with Crippen LogP contribution < -0.4 is 5.73 Å². The molecule has 104 valence electrons. The molecule has 2 N–H and O–H groups in total. The topological polar surface area (TPSA) is 43.1 Å². The van der Waals surface area contributed by atoms with E-state index < -0.39 is 0 Å². The SMILES string of the molecule is Cc1ccc(C(=O)Cc2ccccc2)cc1C#C/C=C/N. The number of hydrogen-bond donors (Lipinski definition) is 1. The molecule has 0 saturated heterocycles. The summed E-state index contributed by atoms with van der Waals surface area (Å²) in [5, 5.41) is 0. The van der Waals surface area contributed by atoms with Crippen LogP contribution in [0.25, 0.3) is 0 Å². The number of rotatable bonds is 3. The lowest BCUT2D eigenvalue weighted by atomic mass is 9.99. The number of carbonyl (C=O) groups excluding carboxylic acids is 1. The van der Waals surface area contributed by atoms with Gasteiger partial charge in [0.25, 0.3) is 0 Å². The molecule has 21 heavy (non-hydrogen) atoms. The van der Waals surface area contributed by atoms with Crippen molar-refractivity contribution in [3.05, 3.63) is 83.1 Å². The Kier molecular flexibility index (Phi) is 4.95. The van der Waals surface area contributed by atoms with Gasteiger partial charge in [-0.3, -0.25) is 4.79 Å². The van der Waals surface area contributed by atoms with E-state index in [1.54, 1.807) is 6.08 Å². The fourth-order valence-electron chi connectivity index (χ4n) is 1.98. The number of carbonyl (C=O) groups is 1. The van der Waals surface area contributed by atoms with Gasteiger partial charge in [0.15, 0.2) is 5.78 Å². The molecule has 0 heterocycles. The molecule has 0 spiro atoms. The van der Waals surface area contributed by atoms with E-state index in [4.69, 9.17) is 5.73 Å². The number of allylic oxidation sites excluding steroid dienone is 1. The molecule has 0 aromatic heterocycles. The standard InChI is InChI=1S/C19H17NO/c1-15-10-11-18(14-17(15)9-5-6-12-20)19(21)13-16-7-3-2-4-8-16/h2-4,6-8,10-12,14H,13,20H2,1H3/b12-6+. The summed E-state index contributed by atoms with van der Waals surface area (Å²) in [6, 6.07) is 15.4. The second kappa shape index (κ2) is 7.12. The van der Waals surface area contributed by atoms with E-state index in [0.717, 1.165) is 16.7 Å². The quantitative estimate of drug-likeness (QED) is 0.690. The van der Waals surface area contributed by atoms with Gasteiger partial charge >= 0.3 is 0 Å². The third-order valence-corrected chi connectivity index (χ3v) is 3.15. The van der Waals surface area contributed by atoms with E-state index in [1.807, 2.05) is 55.5 Å². The van der Waals surface area contributed by atoms with Crippen molar-refractivity contribution >= 4 is 5.78 Å². The zero-order chi connectivity index (χ0) is 15.1. The zero-order valence-electron chi connectivity index (χ0n) is 12.0. The number of ketones is 1. The minimum absolute atomic E-state index is 0.0959. The van der Waals surface area contributed by atoms with Crippen LogP contribution in [0.15, 0.2) is 60.8 Å². The van der Waals surface area contributed by atoms with Crippen molar-refractivity contribution in [3.63, 3.8) is 0 Å². The van der Waals surface area contributed by atoms with Crippen LogP contribution in [0, 0.1) is 18.8 Å². The fourth-order valence-corrected chi connectivity index (χ4v) is 1.98. The summed E-state index contributed by atoms with van der Waals surface area (Å²) in [7, 11) is 0. The van der Waals surface area contributed by atoms with E-state index in [1.165, 1.54) is 6.20 Å². The number of aryl methyl sites for hydroxylation is 1. The van der Waals surface area contributed by atoms with E-state index >= 15 is 0 Å². The maximum absolute atomic E-state index is 12.3. The Hall–Kier alpha value is -2.79. The monoisotopic (exact) mass is 275 g/mol. The highest BCUT2D eigenvalue weighted by molar-refractivity contribution is 5.97. The highest BCUT2D eigenvalue weighted by Crippen LogP contribution is 2.13. The largest absolute Gasteiger partial charge is 0.404 e. The van der Waals surface area contributed by atoms with Gasteiger partial charge in [-0.15, -0.1) is 0 Å². The molecule has 2 nitrogen and oxygen atoms in total. The first-order valence-electron chi connectivity index (χ1n) is 6.77. The van der Waals surface area contributed by atoms with Crippen LogP contribution in [0.5, 0.6) is 0 Å². The lowest BCUT2D eigenvalue weighted by molar-refractivity contribution is 0.0993. The number of hydrogen-bond acceptors (Lipinski definition) is 2. The second-order valence-electron chi connectivity index (χ2n) is 4.74. The molecule has 2 heteroatoms.